The Morgan fingerprint density at radius 3 is 2.57 bits per heavy atom. The number of fused-ring (bicyclic) bond motifs is 1. The maximum Gasteiger partial charge on any atom is 0.278 e. The van der Waals surface area contributed by atoms with E-state index in [1.807, 2.05) is 0 Å². The molecule has 114 valence electrons. The summed E-state index contributed by atoms with van der Waals surface area (Å²) in [4.78, 5) is 11.4. The number of hydrogen-bond donors (Lipinski definition) is 4. The number of nitrogens with zero attached hydrogens (tertiary/aromatic N) is 4. The van der Waals surface area contributed by atoms with Crippen LogP contribution in [-0.2, 0) is 0 Å². The van der Waals surface area contributed by atoms with Gasteiger partial charge in [0.15, 0.2) is 11.5 Å². The summed E-state index contributed by atoms with van der Waals surface area (Å²) in [7, 11) is 0. The molecule has 0 spiro atoms. The predicted octanol–water partition coefficient (Wildman–Crippen LogP) is -1.07. The molecule has 21 heavy (non-hydrogen) atoms. The SMILES string of the molecule is Nc1ncnc2c1ncn2[C@@H]1C(O)C(O)[C@H](CO)C1(F)F. The second-order valence-corrected chi connectivity index (χ2v) is 4.97. The second-order valence-electron chi connectivity index (χ2n) is 4.97. The molecule has 2 aromatic heterocycles. The zero-order chi connectivity index (χ0) is 15.4. The number of aliphatic hydroxyl groups excluding tert-OH is 3. The highest BCUT2D eigenvalue weighted by atomic mass is 19.3. The zero-order valence-electron chi connectivity index (χ0n) is 10.6. The number of aromatic nitrogens is 4. The molecule has 5 N–H and O–H groups in total. The number of halogens is 2. The first kappa shape index (κ1) is 14.0. The number of rotatable bonds is 2. The van der Waals surface area contributed by atoms with Gasteiger partial charge in [0, 0.05) is 0 Å². The first-order chi connectivity index (χ1) is 9.89. The van der Waals surface area contributed by atoms with E-state index in [-0.39, 0.29) is 17.0 Å². The highest BCUT2D eigenvalue weighted by molar-refractivity contribution is 5.81. The van der Waals surface area contributed by atoms with Crippen molar-refractivity contribution in [3.8, 4) is 0 Å². The molecule has 4 atom stereocenters. The van der Waals surface area contributed by atoms with E-state index in [9.17, 15) is 19.0 Å². The van der Waals surface area contributed by atoms with Crippen LogP contribution in [0.2, 0.25) is 0 Å². The molecule has 2 unspecified atom stereocenters. The van der Waals surface area contributed by atoms with Crippen LogP contribution in [0, 0.1) is 5.92 Å². The Morgan fingerprint density at radius 2 is 1.95 bits per heavy atom. The number of nitrogen functional groups attached to an aromatic ring is 1. The van der Waals surface area contributed by atoms with E-state index in [0.717, 1.165) is 17.2 Å². The van der Waals surface area contributed by atoms with E-state index < -0.39 is 36.7 Å². The average Bonchev–Trinajstić information content (AvgIpc) is 2.90. The second kappa shape index (κ2) is 4.55. The Hall–Kier alpha value is -1.91. The fourth-order valence-corrected chi connectivity index (χ4v) is 2.75. The quantitative estimate of drug-likeness (QED) is 0.555. The van der Waals surface area contributed by atoms with Crippen LogP contribution >= 0.6 is 0 Å². The van der Waals surface area contributed by atoms with E-state index in [1.54, 1.807) is 0 Å². The molecule has 0 aliphatic heterocycles. The van der Waals surface area contributed by atoms with Gasteiger partial charge >= 0.3 is 0 Å². The van der Waals surface area contributed by atoms with Crippen molar-refractivity contribution < 1.29 is 24.1 Å². The summed E-state index contributed by atoms with van der Waals surface area (Å²) >= 11 is 0. The Bertz CT molecular complexity index is 679. The molecule has 0 amide bonds. The lowest BCUT2D eigenvalue weighted by Crippen LogP contribution is -2.36. The predicted molar refractivity (Wildman–Crippen MR) is 66.3 cm³/mol. The minimum Gasteiger partial charge on any atom is -0.396 e. The van der Waals surface area contributed by atoms with Crippen molar-refractivity contribution >= 4 is 17.0 Å². The fourth-order valence-electron chi connectivity index (χ4n) is 2.75. The van der Waals surface area contributed by atoms with Gasteiger partial charge in [0.25, 0.3) is 5.92 Å². The molecule has 0 bridgehead atoms. The lowest BCUT2D eigenvalue weighted by molar-refractivity contribution is -0.101. The van der Waals surface area contributed by atoms with E-state index >= 15 is 0 Å². The van der Waals surface area contributed by atoms with Gasteiger partial charge in [-0.3, -0.25) is 0 Å². The van der Waals surface area contributed by atoms with Crippen LogP contribution in [0.1, 0.15) is 6.04 Å². The minimum atomic E-state index is -3.54. The molecule has 1 aliphatic carbocycles. The third-order valence-corrected chi connectivity index (χ3v) is 3.86. The van der Waals surface area contributed by atoms with E-state index in [2.05, 4.69) is 15.0 Å². The maximum absolute atomic E-state index is 14.4. The topological polar surface area (TPSA) is 130 Å². The molecule has 3 rings (SSSR count). The van der Waals surface area contributed by atoms with Crippen LogP contribution in [0.5, 0.6) is 0 Å². The van der Waals surface area contributed by atoms with Crippen LogP contribution in [0.25, 0.3) is 11.2 Å². The van der Waals surface area contributed by atoms with Gasteiger partial charge < -0.3 is 25.6 Å². The van der Waals surface area contributed by atoms with Crippen LogP contribution < -0.4 is 5.73 Å². The van der Waals surface area contributed by atoms with Gasteiger partial charge in [-0.2, -0.15) is 0 Å². The smallest absolute Gasteiger partial charge is 0.278 e. The maximum atomic E-state index is 14.4. The monoisotopic (exact) mass is 301 g/mol. The van der Waals surface area contributed by atoms with Crippen molar-refractivity contribution in [3.63, 3.8) is 0 Å². The number of nitrogens with two attached hydrogens (primary N) is 1. The summed E-state index contributed by atoms with van der Waals surface area (Å²) in [5, 5.41) is 28.7. The normalized spacial score (nSPS) is 31.9. The molecule has 2 aromatic rings. The van der Waals surface area contributed by atoms with Gasteiger partial charge in [-0.15, -0.1) is 0 Å². The highest BCUT2D eigenvalue weighted by Gasteiger charge is 2.63. The summed E-state index contributed by atoms with van der Waals surface area (Å²) in [5.41, 5.74) is 5.74. The first-order valence-electron chi connectivity index (χ1n) is 6.17. The van der Waals surface area contributed by atoms with Crippen LogP contribution in [-0.4, -0.2) is 59.6 Å². The largest absolute Gasteiger partial charge is 0.396 e. The average molecular weight is 301 g/mol. The molecule has 1 aliphatic rings. The van der Waals surface area contributed by atoms with Gasteiger partial charge in [-0.1, -0.05) is 0 Å². The molecule has 0 aromatic carbocycles. The van der Waals surface area contributed by atoms with Crippen molar-refractivity contribution in [1.29, 1.82) is 0 Å². The van der Waals surface area contributed by atoms with E-state index in [1.165, 1.54) is 0 Å². The molecule has 1 fully saturated rings. The number of alkyl halides is 2. The summed E-state index contributed by atoms with van der Waals surface area (Å²) in [6.07, 6.45) is -1.38. The van der Waals surface area contributed by atoms with Crippen LogP contribution in [0.15, 0.2) is 12.7 Å². The van der Waals surface area contributed by atoms with Gasteiger partial charge in [-0.05, 0) is 0 Å². The zero-order valence-corrected chi connectivity index (χ0v) is 10.6. The summed E-state index contributed by atoms with van der Waals surface area (Å²) in [6, 6.07) is -1.80. The summed E-state index contributed by atoms with van der Waals surface area (Å²) < 4.78 is 29.7. The van der Waals surface area contributed by atoms with Gasteiger partial charge in [-0.25, -0.2) is 23.7 Å². The Labute approximate surface area is 116 Å². The van der Waals surface area contributed by atoms with Gasteiger partial charge in [0.1, 0.15) is 24.0 Å². The standard InChI is InChI=1S/C11H13F2N5O3/c12-11(13)4(1-19)6(20)7(21)8(11)18-3-17-5-9(14)15-2-16-10(5)18/h2-4,6-8,19-21H,1H2,(H2,14,15,16)/t4-,6?,7?,8+/m0/s1. The molecule has 1 saturated carbocycles. The number of anilines is 1. The van der Waals surface area contributed by atoms with Gasteiger partial charge in [0.05, 0.1) is 25.0 Å². The lowest BCUT2D eigenvalue weighted by Gasteiger charge is -2.25. The third-order valence-electron chi connectivity index (χ3n) is 3.86. The van der Waals surface area contributed by atoms with Crippen LogP contribution in [0.4, 0.5) is 14.6 Å². The molecular weight excluding hydrogens is 288 g/mol. The molecule has 8 nitrogen and oxygen atoms in total. The van der Waals surface area contributed by atoms with Crippen molar-refractivity contribution in [3.05, 3.63) is 12.7 Å². The van der Waals surface area contributed by atoms with Crippen molar-refractivity contribution in [2.75, 3.05) is 12.3 Å². The Balaban J connectivity index is 2.16. The molecule has 2 heterocycles. The first-order valence-corrected chi connectivity index (χ1v) is 6.17. The Kier molecular flexibility index (Phi) is 3.04. The van der Waals surface area contributed by atoms with Gasteiger partial charge in [0.2, 0.25) is 0 Å². The summed E-state index contributed by atoms with van der Waals surface area (Å²) in [6.45, 7) is -0.953. The van der Waals surface area contributed by atoms with E-state index in [0.29, 0.717) is 0 Å². The minimum absolute atomic E-state index is 0.0220. The highest BCUT2D eigenvalue weighted by Crippen LogP contribution is 2.48. The number of aliphatic hydroxyl groups is 3. The third kappa shape index (κ3) is 1.79. The van der Waals surface area contributed by atoms with Crippen LogP contribution in [0.3, 0.4) is 0 Å². The molecule has 0 radical (unpaired) electrons. The molecular formula is C11H13F2N5O3. The lowest BCUT2D eigenvalue weighted by atomic mass is 10.0. The molecule has 10 heteroatoms. The molecule has 0 saturated heterocycles. The number of hydrogen-bond acceptors (Lipinski definition) is 7. The van der Waals surface area contributed by atoms with Crippen molar-refractivity contribution in [2.45, 2.75) is 24.2 Å². The van der Waals surface area contributed by atoms with E-state index in [4.69, 9.17) is 10.8 Å². The Morgan fingerprint density at radius 1 is 1.24 bits per heavy atom. The van der Waals surface area contributed by atoms with Crippen molar-refractivity contribution in [2.24, 2.45) is 5.92 Å². The fraction of sp³-hybridized carbons (Fsp3) is 0.545. The summed E-state index contributed by atoms with van der Waals surface area (Å²) in [5.74, 6) is -5.29. The number of imidazole rings is 1. The van der Waals surface area contributed by atoms with Crippen molar-refractivity contribution in [1.82, 2.24) is 19.5 Å².